The van der Waals surface area contributed by atoms with E-state index in [9.17, 15) is 0 Å². The minimum absolute atomic E-state index is 0.576. The first-order valence-corrected chi connectivity index (χ1v) is 6.56. The minimum Gasteiger partial charge on any atom is -0.496 e. The number of hydrogen-bond acceptors (Lipinski definition) is 3. The molecule has 18 heavy (non-hydrogen) atoms. The molecule has 0 heterocycles. The zero-order valence-corrected chi connectivity index (χ0v) is 12.3. The summed E-state index contributed by atoms with van der Waals surface area (Å²) >= 11 is 0. The lowest BCUT2D eigenvalue weighted by Gasteiger charge is -2.24. The highest BCUT2D eigenvalue weighted by molar-refractivity contribution is 5.58. The van der Waals surface area contributed by atoms with Crippen LogP contribution in [0.4, 0.5) is 5.69 Å². The molecule has 102 valence electrons. The van der Waals surface area contributed by atoms with Crippen LogP contribution < -0.4 is 15.4 Å². The van der Waals surface area contributed by atoms with E-state index in [4.69, 9.17) is 10.5 Å². The fraction of sp³-hybridized carbons (Fsp3) is 0.600. The third-order valence-electron chi connectivity index (χ3n) is 3.48. The van der Waals surface area contributed by atoms with Crippen molar-refractivity contribution in [3.8, 4) is 5.75 Å². The maximum atomic E-state index is 5.65. The lowest BCUT2D eigenvalue weighted by Crippen LogP contribution is -2.23. The summed E-state index contributed by atoms with van der Waals surface area (Å²) in [4.78, 5) is 2.30. The van der Waals surface area contributed by atoms with E-state index in [0.717, 1.165) is 25.3 Å². The van der Waals surface area contributed by atoms with Crippen LogP contribution in [0.5, 0.6) is 5.75 Å². The largest absolute Gasteiger partial charge is 0.496 e. The number of anilines is 1. The van der Waals surface area contributed by atoms with Crippen molar-refractivity contribution >= 4 is 5.69 Å². The van der Waals surface area contributed by atoms with Crippen LogP contribution in [0.1, 0.15) is 24.5 Å². The summed E-state index contributed by atoms with van der Waals surface area (Å²) in [5.41, 5.74) is 9.36. The van der Waals surface area contributed by atoms with Crippen LogP contribution in [-0.4, -0.2) is 27.2 Å². The summed E-state index contributed by atoms with van der Waals surface area (Å²) in [5, 5.41) is 0. The van der Waals surface area contributed by atoms with Crippen LogP contribution in [0.15, 0.2) is 12.1 Å². The fourth-order valence-corrected chi connectivity index (χ4v) is 2.06. The number of aryl methyl sites for hydroxylation is 2. The minimum atomic E-state index is 0.576. The van der Waals surface area contributed by atoms with Crippen LogP contribution in [0.25, 0.3) is 0 Å². The van der Waals surface area contributed by atoms with E-state index in [-0.39, 0.29) is 0 Å². The quantitative estimate of drug-likeness (QED) is 0.843. The van der Waals surface area contributed by atoms with E-state index in [1.807, 2.05) is 0 Å². The summed E-state index contributed by atoms with van der Waals surface area (Å²) in [6.07, 6.45) is 1.12. The van der Waals surface area contributed by atoms with Crippen LogP contribution in [0.2, 0.25) is 0 Å². The standard InChI is InChI=1S/C15H26N2O/c1-11(10-16)6-7-17(4)14-8-13(3)15(18-5)9-12(14)2/h8-9,11H,6-7,10,16H2,1-5H3. The molecule has 1 aromatic carbocycles. The number of nitrogens with two attached hydrogens (primary N) is 1. The molecule has 0 aliphatic carbocycles. The SMILES string of the molecule is COc1cc(C)c(N(C)CCC(C)CN)cc1C. The Bertz CT molecular complexity index is 390. The number of ether oxygens (including phenoxy) is 1. The molecule has 0 spiro atoms. The van der Waals surface area contributed by atoms with Gasteiger partial charge < -0.3 is 15.4 Å². The molecule has 0 saturated carbocycles. The molecule has 1 rings (SSSR count). The summed E-state index contributed by atoms with van der Waals surface area (Å²) < 4.78 is 5.34. The monoisotopic (exact) mass is 250 g/mol. The first-order chi connectivity index (χ1) is 8.49. The topological polar surface area (TPSA) is 38.5 Å². The van der Waals surface area contributed by atoms with Crippen molar-refractivity contribution in [1.82, 2.24) is 0 Å². The third kappa shape index (κ3) is 3.64. The van der Waals surface area contributed by atoms with Gasteiger partial charge >= 0.3 is 0 Å². The van der Waals surface area contributed by atoms with Gasteiger partial charge in [-0.05, 0) is 56.0 Å². The zero-order chi connectivity index (χ0) is 13.7. The smallest absolute Gasteiger partial charge is 0.122 e. The van der Waals surface area contributed by atoms with E-state index in [0.29, 0.717) is 5.92 Å². The maximum absolute atomic E-state index is 5.65. The molecular formula is C15H26N2O. The van der Waals surface area contributed by atoms with Crippen molar-refractivity contribution in [3.63, 3.8) is 0 Å². The average Bonchev–Trinajstić information content (AvgIpc) is 2.37. The Labute approximate surface area is 111 Å². The molecule has 3 nitrogen and oxygen atoms in total. The molecule has 0 bridgehead atoms. The van der Waals surface area contributed by atoms with Gasteiger partial charge in [0.2, 0.25) is 0 Å². The van der Waals surface area contributed by atoms with Crippen molar-refractivity contribution in [2.75, 3.05) is 32.1 Å². The second-order valence-corrected chi connectivity index (χ2v) is 5.16. The highest BCUT2D eigenvalue weighted by atomic mass is 16.5. The zero-order valence-electron chi connectivity index (χ0n) is 12.3. The molecule has 3 heteroatoms. The lowest BCUT2D eigenvalue weighted by molar-refractivity contribution is 0.411. The summed E-state index contributed by atoms with van der Waals surface area (Å²) in [6, 6.07) is 4.30. The lowest BCUT2D eigenvalue weighted by atomic mass is 10.1. The Morgan fingerprint density at radius 2 is 1.94 bits per heavy atom. The van der Waals surface area contributed by atoms with Crippen molar-refractivity contribution in [2.24, 2.45) is 11.7 Å². The van der Waals surface area contributed by atoms with Crippen LogP contribution in [0, 0.1) is 19.8 Å². The Hall–Kier alpha value is -1.22. The molecule has 0 amide bonds. The Balaban J connectivity index is 2.79. The molecule has 1 aromatic rings. The first kappa shape index (κ1) is 14.8. The van der Waals surface area contributed by atoms with Crippen LogP contribution >= 0.6 is 0 Å². The molecule has 0 radical (unpaired) electrons. The van der Waals surface area contributed by atoms with Crippen molar-refractivity contribution < 1.29 is 4.74 Å². The highest BCUT2D eigenvalue weighted by Crippen LogP contribution is 2.28. The number of rotatable bonds is 6. The Morgan fingerprint density at radius 1 is 1.28 bits per heavy atom. The first-order valence-electron chi connectivity index (χ1n) is 6.56. The molecule has 0 aliphatic heterocycles. The van der Waals surface area contributed by atoms with Crippen LogP contribution in [-0.2, 0) is 0 Å². The van der Waals surface area contributed by atoms with Gasteiger partial charge in [-0.1, -0.05) is 6.92 Å². The number of methoxy groups -OCH3 is 1. The molecule has 0 fully saturated rings. The maximum Gasteiger partial charge on any atom is 0.122 e. The highest BCUT2D eigenvalue weighted by Gasteiger charge is 2.09. The molecule has 0 aromatic heterocycles. The molecule has 1 atom stereocenters. The molecule has 2 N–H and O–H groups in total. The van der Waals surface area contributed by atoms with Gasteiger partial charge in [0, 0.05) is 19.3 Å². The van der Waals surface area contributed by atoms with Crippen molar-refractivity contribution in [2.45, 2.75) is 27.2 Å². The van der Waals surface area contributed by atoms with Gasteiger partial charge in [0.1, 0.15) is 5.75 Å². The Morgan fingerprint density at radius 3 is 2.50 bits per heavy atom. The number of hydrogen-bond donors (Lipinski definition) is 1. The van der Waals surface area contributed by atoms with E-state index in [2.05, 4.69) is 44.9 Å². The van der Waals surface area contributed by atoms with Gasteiger partial charge in [0.25, 0.3) is 0 Å². The second-order valence-electron chi connectivity index (χ2n) is 5.16. The fourth-order valence-electron chi connectivity index (χ4n) is 2.06. The van der Waals surface area contributed by atoms with Gasteiger partial charge in [0.15, 0.2) is 0 Å². The van der Waals surface area contributed by atoms with E-state index < -0.39 is 0 Å². The van der Waals surface area contributed by atoms with E-state index >= 15 is 0 Å². The molecule has 1 unspecified atom stereocenters. The van der Waals surface area contributed by atoms with Gasteiger partial charge in [-0.3, -0.25) is 0 Å². The molecule has 0 aliphatic rings. The average molecular weight is 250 g/mol. The van der Waals surface area contributed by atoms with E-state index in [1.54, 1.807) is 7.11 Å². The van der Waals surface area contributed by atoms with Gasteiger partial charge in [0.05, 0.1) is 7.11 Å². The van der Waals surface area contributed by atoms with Crippen LogP contribution in [0.3, 0.4) is 0 Å². The van der Waals surface area contributed by atoms with Crippen molar-refractivity contribution in [1.29, 1.82) is 0 Å². The predicted molar refractivity (Wildman–Crippen MR) is 78.6 cm³/mol. The summed E-state index contributed by atoms with van der Waals surface area (Å²) in [5.74, 6) is 1.53. The summed E-state index contributed by atoms with van der Waals surface area (Å²) in [7, 11) is 3.85. The normalized spacial score (nSPS) is 12.3. The third-order valence-corrected chi connectivity index (χ3v) is 3.48. The summed E-state index contributed by atoms with van der Waals surface area (Å²) in [6.45, 7) is 8.19. The van der Waals surface area contributed by atoms with Crippen molar-refractivity contribution in [3.05, 3.63) is 23.3 Å². The van der Waals surface area contributed by atoms with Gasteiger partial charge in [-0.25, -0.2) is 0 Å². The second kappa shape index (κ2) is 6.64. The molecular weight excluding hydrogens is 224 g/mol. The van der Waals surface area contributed by atoms with Gasteiger partial charge in [-0.15, -0.1) is 0 Å². The van der Waals surface area contributed by atoms with E-state index in [1.165, 1.54) is 16.8 Å². The predicted octanol–water partition coefficient (Wildman–Crippen LogP) is 2.73. The number of nitrogens with zero attached hydrogens (tertiary/aromatic N) is 1. The number of benzene rings is 1. The molecule has 0 saturated heterocycles. The Kier molecular flexibility index (Phi) is 5.48. The van der Waals surface area contributed by atoms with Gasteiger partial charge in [-0.2, -0.15) is 0 Å².